The highest BCUT2D eigenvalue weighted by Gasteiger charge is 2.41. The lowest BCUT2D eigenvalue weighted by atomic mass is 9.88. The third kappa shape index (κ3) is 4.12. The van der Waals surface area contributed by atoms with Crippen molar-refractivity contribution in [1.82, 2.24) is 9.88 Å². The van der Waals surface area contributed by atoms with Gasteiger partial charge in [-0.2, -0.15) is 13.2 Å². The molecule has 152 valence electrons. The lowest BCUT2D eigenvalue weighted by Gasteiger charge is -2.44. The van der Waals surface area contributed by atoms with E-state index >= 15 is 0 Å². The number of carbonyl (C=O) groups is 1. The van der Waals surface area contributed by atoms with E-state index in [2.05, 4.69) is 4.98 Å². The van der Waals surface area contributed by atoms with Gasteiger partial charge in [0.15, 0.2) is 0 Å². The lowest BCUT2D eigenvalue weighted by Crippen LogP contribution is -2.56. The van der Waals surface area contributed by atoms with Gasteiger partial charge in [0.1, 0.15) is 6.61 Å². The number of rotatable bonds is 3. The predicted molar refractivity (Wildman–Crippen MR) is 98.7 cm³/mol. The summed E-state index contributed by atoms with van der Waals surface area (Å²) in [6.07, 6.45) is -0.709. The monoisotopic (exact) mass is 404 g/mol. The molecule has 2 aliphatic rings. The van der Waals surface area contributed by atoms with Gasteiger partial charge in [-0.05, 0) is 23.6 Å². The van der Waals surface area contributed by atoms with Crippen LogP contribution in [0.15, 0.2) is 54.9 Å². The number of nitrogens with zero attached hydrogens (tertiary/aromatic N) is 2. The number of hydrogen-bond acceptors (Lipinski definition) is 4. The van der Waals surface area contributed by atoms with Crippen molar-refractivity contribution in [3.63, 3.8) is 0 Å². The molecule has 1 aromatic heterocycles. The van der Waals surface area contributed by atoms with Crippen molar-refractivity contribution in [3.8, 4) is 0 Å². The van der Waals surface area contributed by atoms with Crippen LogP contribution in [0.1, 0.15) is 23.1 Å². The van der Waals surface area contributed by atoms with Crippen LogP contribution in [0.3, 0.4) is 0 Å². The van der Waals surface area contributed by atoms with Crippen LogP contribution < -0.4 is 0 Å². The summed E-state index contributed by atoms with van der Waals surface area (Å²) in [5.41, 5.74) is 0.712. The van der Waals surface area contributed by atoms with Crippen LogP contribution in [-0.2, 0) is 22.3 Å². The number of ether oxygens (including phenoxy) is 2. The molecule has 0 radical (unpaired) electrons. The largest absolute Gasteiger partial charge is 0.445 e. The predicted octanol–water partition coefficient (Wildman–Crippen LogP) is 4.29. The first-order valence-corrected chi connectivity index (χ1v) is 9.22. The molecule has 2 aliphatic heterocycles. The van der Waals surface area contributed by atoms with E-state index in [0.717, 1.165) is 17.8 Å². The van der Waals surface area contributed by atoms with Crippen molar-refractivity contribution >= 4 is 11.7 Å². The zero-order valence-corrected chi connectivity index (χ0v) is 15.4. The Bertz CT molecular complexity index is 915. The molecular formula is C21H19F3N2O3. The van der Waals surface area contributed by atoms with Crippen LogP contribution in [0.25, 0.3) is 5.57 Å². The number of hydrogen-bond donors (Lipinski definition) is 0. The molecule has 4 rings (SSSR count). The van der Waals surface area contributed by atoms with E-state index in [4.69, 9.17) is 9.47 Å². The van der Waals surface area contributed by atoms with Gasteiger partial charge in [-0.15, -0.1) is 0 Å². The first-order valence-electron chi connectivity index (χ1n) is 9.22. The van der Waals surface area contributed by atoms with Gasteiger partial charge in [0.05, 0.1) is 30.9 Å². The van der Waals surface area contributed by atoms with Crippen LogP contribution >= 0.6 is 0 Å². The zero-order chi connectivity index (χ0) is 20.4. The van der Waals surface area contributed by atoms with Crippen LogP contribution in [0.5, 0.6) is 0 Å². The molecule has 5 nitrogen and oxygen atoms in total. The van der Waals surface area contributed by atoms with Crippen LogP contribution in [0.2, 0.25) is 0 Å². The van der Waals surface area contributed by atoms with Gasteiger partial charge in [0.25, 0.3) is 0 Å². The van der Waals surface area contributed by atoms with Crippen molar-refractivity contribution in [2.75, 3.05) is 13.2 Å². The molecule has 1 amide bonds. The molecule has 2 unspecified atom stereocenters. The van der Waals surface area contributed by atoms with E-state index in [1.165, 1.54) is 6.20 Å². The summed E-state index contributed by atoms with van der Waals surface area (Å²) in [5, 5.41) is 0. The molecule has 1 aromatic carbocycles. The van der Waals surface area contributed by atoms with Gasteiger partial charge < -0.3 is 9.47 Å². The van der Waals surface area contributed by atoms with Gasteiger partial charge in [-0.3, -0.25) is 9.88 Å². The lowest BCUT2D eigenvalue weighted by molar-refractivity contribution is -0.137. The molecule has 2 atom stereocenters. The highest BCUT2D eigenvalue weighted by atomic mass is 19.4. The van der Waals surface area contributed by atoms with Crippen molar-refractivity contribution in [1.29, 1.82) is 0 Å². The van der Waals surface area contributed by atoms with E-state index in [-0.39, 0.29) is 31.8 Å². The third-order valence-corrected chi connectivity index (χ3v) is 5.09. The van der Waals surface area contributed by atoms with Crippen molar-refractivity contribution < 1.29 is 27.4 Å². The Morgan fingerprint density at radius 1 is 1.21 bits per heavy atom. The second-order valence-electron chi connectivity index (χ2n) is 7.02. The summed E-state index contributed by atoms with van der Waals surface area (Å²) < 4.78 is 51.1. The number of morpholine rings is 1. The first kappa shape index (κ1) is 19.4. The van der Waals surface area contributed by atoms with Gasteiger partial charge in [0.2, 0.25) is 0 Å². The Morgan fingerprint density at radius 3 is 2.72 bits per heavy atom. The summed E-state index contributed by atoms with van der Waals surface area (Å²) in [5.74, 6) is 0. The van der Waals surface area contributed by atoms with E-state index < -0.39 is 29.9 Å². The standard InChI is InChI=1S/C21H19F3N2O3/c22-21(23,24)19-6-7-25-10-18(19)15-8-16-12-28-13-17(9-15)26(16)20(27)29-11-14-4-2-1-3-5-14/h1-8,10,16-17H,9,11-13H2. The fraction of sp³-hybridized carbons (Fsp3) is 0.333. The van der Waals surface area contributed by atoms with Gasteiger partial charge >= 0.3 is 12.3 Å². The summed E-state index contributed by atoms with van der Waals surface area (Å²) in [6.45, 7) is 0.589. The number of halogens is 3. The number of fused-ring (bicyclic) bond motifs is 2. The maximum absolute atomic E-state index is 13.4. The minimum absolute atomic E-state index is 0.0502. The number of carbonyl (C=O) groups excluding carboxylic acids is 1. The number of benzene rings is 1. The Morgan fingerprint density at radius 2 is 2.00 bits per heavy atom. The van der Waals surface area contributed by atoms with E-state index in [1.54, 1.807) is 11.0 Å². The molecule has 2 aromatic rings. The van der Waals surface area contributed by atoms with Crippen LogP contribution in [0, 0.1) is 0 Å². The van der Waals surface area contributed by atoms with Crippen LogP contribution in [0.4, 0.5) is 18.0 Å². The molecule has 0 saturated carbocycles. The van der Waals surface area contributed by atoms with E-state index in [9.17, 15) is 18.0 Å². The Labute approximate surface area is 165 Å². The zero-order valence-electron chi connectivity index (χ0n) is 15.4. The topological polar surface area (TPSA) is 51.7 Å². The quantitative estimate of drug-likeness (QED) is 0.766. The van der Waals surface area contributed by atoms with Crippen molar-refractivity contribution in [2.45, 2.75) is 31.3 Å². The Kier molecular flexibility index (Phi) is 5.27. The van der Waals surface area contributed by atoms with E-state index in [1.807, 2.05) is 30.3 Å². The first-order chi connectivity index (χ1) is 13.9. The maximum atomic E-state index is 13.4. The summed E-state index contributed by atoms with van der Waals surface area (Å²) in [4.78, 5) is 18.1. The van der Waals surface area contributed by atoms with Crippen molar-refractivity contribution in [2.24, 2.45) is 0 Å². The molecule has 0 aliphatic carbocycles. The average Bonchev–Trinajstić information content (AvgIpc) is 2.71. The fourth-order valence-corrected chi connectivity index (χ4v) is 3.77. The molecular weight excluding hydrogens is 385 g/mol. The highest BCUT2D eigenvalue weighted by Crippen LogP contribution is 2.39. The smallest absolute Gasteiger partial charge is 0.417 e. The summed E-state index contributed by atoms with van der Waals surface area (Å²) in [6, 6.07) is 9.39. The Hall–Kier alpha value is -2.87. The van der Waals surface area contributed by atoms with Gasteiger partial charge in [-0.25, -0.2) is 4.79 Å². The number of amides is 1. The minimum atomic E-state index is -4.48. The van der Waals surface area contributed by atoms with Crippen molar-refractivity contribution in [3.05, 3.63) is 71.6 Å². The molecule has 2 bridgehead atoms. The SMILES string of the molecule is O=C(OCc1ccccc1)N1C2C=C(c3cnccc3C(F)(F)F)CC1COC2. The second kappa shape index (κ2) is 7.87. The summed E-state index contributed by atoms with van der Waals surface area (Å²) >= 11 is 0. The third-order valence-electron chi connectivity index (χ3n) is 5.09. The number of alkyl halides is 3. The van der Waals surface area contributed by atoms with E-state index in [0.29, 0.717) is 5.57 Å². The molecule has 1 fully saturated rings. The molecule has 1 saturated heterocycles. The molecule has 0 N–H and O–H groups in total. The highest BCUT2D eigenvalue weighted by molar-refractivity contribution is 5.75. The fourth-order valence-electron chi connectivity index (χ4n) is 3.77. The normalized spacial score (nSPS) is 21.5. The second-order valence-corrected chi connectivity index (χ2v) is 7.02. The number of pyridine rings is 1. The maximum Gasteiger partial charge on any atom is 0.417 e. The minimum Gasteiger partial charge on any atom is -0.445 e. The summed E-state index contributed by atoms with van der Waals surface area (Å²) in [7, 11) is 0. The molecule has 3 heterocycles. The van der Waals surface area contributed by atoms with Gasteiger partial charge in [0, 0.05) is 18.0 Å². The molecule has 0 spiro atoms. The van der Waals surface area contributed by atoms with Gasteiger partial charge in [-0.1, -0.05) is 36.4 Å². The molecule has 8 heteroatoms. The number of aromatic nitrogens is 1. The van der Waals surface area contributed by atoms with Crippen LogP contribution in [-0.4, -0.2) is 41.3 Å². The average molecular weight is 404 g/mol. The Balaban J connectivity index is 1.56. The molecule has 29 heavy (non-hydrogen) atoms.